The molecule has 1 amide bonds. The maximum Gasteiger partial charge on any atom is 0.295 e. The molecule has 41 heavy (non-hydrogen) atoms. The van der Waals surface area contributed by atoms with E-state index in [4.69, 9.17) is 18.9 Å². The fraction of sp³-hybridized carbons (Fsp3) is 0.387. The van der Waals surface area contributed by atoms with Gasteiger partial charge < -0.3 is 29.0 Å². The summed E-state index contributed by atoms with van der Waals surface area (Å²) in [5, 5.41) is 11.5. The van der Waals surface area contributed by atoms with Crippen LogP contribution in [0.3, 0.4) is 0 Å². The predicted octanol–water partition coefficient (Wildman–Crippen LogP) is 4.16. The van der Waals surface area contributed by atoms with Gasteiger partial charge in [-0.3, -0.25) is 14.6 Å². The summed E-state index contributed by atoms with van der Waals surface area (Å²) in [7, 11) is 1.55. The molecule has 2 N–H and O–H groups in total. The largest absolute Gasteiger partial charge is 0.507 e. The molecule has 10 nitrogen and oxygen atoms in total. The van der Waals surface area contributed by atoms with Gasteiger partial charge in [0, 0.05) is 18.5 Å². The lowest BCUT2D eigenvalue weighted by Gasteiger charge is -2.26. The van der Waals surface area contributed by atoms with Gasteiger partial charge in [-0.25, -0.2) is 4.57 Å². The van der Waals surface area contributed by atoms with Crippen molar-refractivity contribution in [2.75, 3.05) is 33.5 Å². The molecule has 1 unspecified atom stereocenters. The Bertz CT molecular complexity index is 1420. The number of unbranched alkanes of at least 4 members (excludes halogenated alkanes) is 2. The van der Waals surface area contributed by atoms with Crippen LogP contribution in [0.25, 0.3) is 5.76 Å². The molecule has 10 heteroatoms. The van der Waals surface area contributed by atoms with Crippen LogP contribution in [-0.4, -0.2) is 60.2 Å². The van der Waals surface area contributed by atoms with Gasteiger partial charge in [0.25, 0.3) is 11.7 Å². The number of rotatable bonds is 12. The van der Waals surface area contributed by atoms with E-state index in [1.165, 1.54) is 4.90 Å². The fourth-order valence-corrected chi connectivity index (χ4v) is 5.19. The van der Waals surface area contributed by atoms with Crippen molar-refractivity contribution in [2.45, 2.75) is 45.2 Å². The number of aryl methyl sites for hydroxylation is 1. The molecular weight excluding hydrogens is 526 g/mol. The number of aromatic nitrogens is 2. The standard InChI is InChI=1S/C31H35N3O7/c1-3-4-5-15-39-23-9-7-21(18-25(23)38-2)28-27(29(35)22-8-10-24-26(19-22)41-17-16-40-24)30(36)31(37)34(28)13-6-12-33-14-11-32-20-33/h7-11,14,18-20,28H,3-6,12-13,15-17H2,1-2H3,(H,35,36)/p+1. The second-order valence-electron chi connectivity index (χ2n) is 10.0. The minimum Gasteiger partial charge on any atom is -0.507 e. The Kier molecular flexibility index (Phi) is 8.76. The number of carbonyl (C=O) groups excluding carboxylic acids is 2. The lowest BCUT2D eigenvalue weighted by molar-refractivity contribution is -0.695. The molecule has 1 fully saturated rings. The molecule has 1 aromatic heterocycles. The number of ketones is 1. The number of hydrogen-bond acceptors (Lipinski definition) is 7. The number of nitrogens with zero attached hydrogens (tertiary/aromatic N) is 2. The van der Waals surface area contributed by atoms with Crippen LogP contribution in [0, 0.1) is 0 Å². The van der Waals surface area contributed by atoms with E-state index >= 15 is 0 Å². The molecule has 2 aromatic carbocycles. The number of methoxy groups -OCH3 is 1. The summed E-state index contributed by atoms with van der Waals surface area (Å²) >= 11 is 0. The number of carbonyl (C=O) groups is 2. The fourth-order valence-electron chi connectivity index (χ4n) is 5.19. The number of nitrogens with one attached hydrogen (secondary N) is 1. The van der Waals surface area contributed by atoms with Gasteiger partial charge in [-0.2, -0.15) is 0 Å². The lowest BCUT2D eigenvalue weighted by Crippen LogP contribution is -2.36. The Morgan fingerprint density at radius 2 is 1.90 bits per heavy atom. The Balaban J connectivity index is 1.51. The maximum atomic E-state index is 13.5. The first-order valence-electron chi connectivity index (χ1n) is 14.0. The quantitative estimate of drug-likeness (QED) is 0.112. The van der Waals surface area contributed by atoms with Crippen LogP contribution in [0.4, 0.5) is 0 Å². The summed E-state index contributed by atoms with van der Waals surface area (Å²) in [6, 6.07) is 9.54. The van der Waals surface area contributed by atoms with Crippen molar-refractivity contribution in [2.24, 2.45) is 0 Å². The maximum absolute atomic E-state index is 13.5. The number of aliphatic hydroxyl groups excluding tert-OH is 1. The number of aromatic amines is 1. The number of likely N-dealkylation sites (tertiary alicyclic amines) is 1. The van der Waals surface area contributed by atoms with Crippen molar-refractivity contribution in [3.05, 3.63) is 71.8 Å². The summed E-state index contributed by atoms with van der Waals surface area (Å²) in [4.78, 5) is 31.4. The first-order valence-corrected chi connectivity index (χ1v) is 14.0. The average molecular weight is 563 g/mol. The number of imidazole rings is 1. The summed E-state index contributed by atoms with van der Waals surface area (Å²) in [5.74, 6) is 0.438. The number of ether oxygens (including phenoxy) is 4. The second kappa shape index (κ2) is 12.8. The van der Waals surface area contributed by atoms with Crippen molar-refractivity contribution in [3.8, 4) is 23.0 Å². The number of Topliss-reactive ketones (excluding diaryl/α,β-unsaturated/α-hetero) is 1. The number of hydrogen-bond donors (Lipinski definition) is 2. The highest BCUT2D eigenvalue weighted by Gasteiger charge is 2.46. The second-order valence-corrected chi connectivity index (χ2v) is 10.0. The summed E-state index contributed by atoms with van der Waals surface area (Å²) in [6.07, 6.45) is 9.23. The van der Waals surface area contributed by atoms with Crippen LogP contribution in [0.2, 0.25) is 0 Å². The molecule has 2 aliphatic heterocycles. The van der Waals surface area contributed by atoms with Gasteiger partial charge in [0.2, 0.25) is 6.33 Å². The van der Waals surface area contributed by atoms with Crippen molar-refractivity contribution in [3.63, 3.8) is 0 Å². The van der Waals surface area contributed by atoms with Gasteiger partial charge in [-0.05, 0) is 42.3 Å². The van der Waals surface area contributed by atoms with E-state index in [2.05, 4.69) is 11.9 Å². The van der Waals surface area contributed by atoms with Crippen molar-refractivity contribution in [1.29, 1.82) is 0 Å². The normalized spacial score (nSPS) is 17.6. The van der Waals surface area contributed by atoms with Crippen molar-refractivity contribution < 1.29 is 38.2 Å². The van der Waals surface area contributed by atoms with Gasteiger partial charge in [0.05, 0.1) is 31.9 Å². The molecular formula is C31H36N3O7+. The van der Waals surface area contributed by atoms with Gasteiger partial charge in [0.15, 0.2) is 23.0 Å². The van der Waals surface area contributed by atoms with E-state index in [1.807, 2.05) is 29.4 Å². The monoisotopic (exact) mass is 562 g/mol. The Morgan fingerprint density at radius 1 is 1.07 bits per heavy atom. The molecule has 1 atom stereocenters. The van der Waals surface area contributed by atoms with E-state index in [0.717, 1.165) is 19.3 Å². The molecule has 0 radical (unpaired) electrons. The molecule has 216 valence electrons. The highest BCUT2D eigenvalue weighted by atomic mass is 16.6. The molecule has 0 spiro atoms. The van der Waals surface area contributed by atoms with Crippen molar-refractivity contribution >= 4 is 17.4 Å². The van der Waals surface area contributed by atoms with Gasteiger partial charge in [-0.1, -0.05) is 25.8 Å². The van der Waals surface area contributed by atoms with Gasteiger partial charge >= 0.3 is 0 Å². The molecule has 2 aliphatic rings. The zero-order chi connectivity index (χ0) is 28.8. The average Bonchev–Trinajstić information content (AvgIpc) is 3.61. The third-order valence-corrected chi connectivity index (χ3v) is 7.28. The Labute approximate surface area is 239 Å². The molecule has 3 heterocycles. The van der Waals surface area contributed by atoms with Crippen LogP contribution in [0.5, 0.6) is 23.0 Å². The number of amides is 1. The van der Waals surface area contributed by atoms with Crippen LogP contribution >= 0.6 is 0 Å². The van der Waals surface area contributed by atoms with E-state index < -0.39 is 17.7 Å². The first-order chi connectivity index (χ1) is 20.0. The predicted molar refractivity (Wildman–Crippen MR) is 150 cm³/mol. The minimum atomic E-state index is -0.817. The zero-order valence-electron chi connectivity index (χ0n) is 23.4. The number of H-pyrrole nitrogens is 1. The van der Waals surface area contributed by atoms with E-state index in [1.54, 1.807) is 37.4 Å². The van der Waals surface area contributed by atoms with Crippen molar-refractivity contribution in [1.82, 2.24) is 9.88 Å². The first kappa shape index (κ1) is 28.1. The van der Waals surface area contributed by atoms with E-state index in [-0.39, 0.29) is 11.3 Å². The Morgan fingerprint density at radius 3 is 2.66 bits per heavy atom. The Hall–Kier alpha value is -4.47. The van der Waals surface area contributed by atoms with Crippen LogP contribution in [0.15, 0.2) is 60.7 Å². The van der Waals surface area contributed by atoms with Crippen LogP contribution in [-0.2, 0) is 16.1 Å². The van der Waals surface area contributed by atoms with E-state index in [0.29, 0.717) is 73.5 Å². The number of benzene rings is 2. The molecule has 3 aromatic rings. The molecule has 1 saturated heterocycles. The zero-order valence-corrected chi connectivity index (χ0v) is 23.4. The topological polar surface area (TPSA) is 114 Å². The highest BCUT2D eigenvalue weighted by Crippen LogP contribution is 2.43. The van der Waals surface area contributed by atoms with Crippen LogP contribution < -0.4 is 23.5 Å². The highest BCUT2D eigenvalue weighted by molar-refractivity contribution is 6.46. The third kappa shape index (κ3) is 6.01. The lowest BCUT2D eigenvalue weighted by atomic mass is 9.94. The molecule has 5 rings (SSSR count). The summed E-state index contributed by atoms with van der Waals surface area (Å²) in [6.45, 7) is 4.47. The summed E-state index contributed by atoms with van der Waals surface area (Å²) < 4.78 is 24.8. The van der Waals surface area contributed by atoms with Gasteiger partial charge in [-0.15, -0.1) is 0 Å². The molecule has 0 aliphatic carbocycles. The number of fused-ring (bicyclic) bond motifs is 1. The van der Waals surface area contributed by atoms with Gasteiger partial charge in [0.1, 0.15) is 31.4 Å². The third-order valence-electron chi connectivity index (χ3n) is 7.28. The van der Waals surface area contributed by atoms with Crippen LogP contribution in [0.1, 0.15) is 49.8 Å². The van der Waals surface area contributed by atoms with E-state index in [9.17, 15) is 14.7 Å². The smallest absolute Gasteiger partial charge is 0.295 e. The summed E-state index contributed by atoms with van der Waals surface area (Å²) in [5.41, 5.74) is 1.01. The molecule has 0 saturated carbocycles. The number of aliphatic hydroxyl groups is 1. The SMILES string of the molecule is CCCCCOc1ccc(C2C(=C(O)c3ccc4c(c3)OCCO4)C(=O)C(=O)N2CCC[n+]2cc[nH]c2)cc1OC. The molecule has 0 bridgehead atoms. The minimum absolute atomic E-state index is 0.0136.